The van der Waals surface area contributed by atoms with Gasteiger partial charge in [0, 0.05) is 26.1 Å². The summed E-state index contributed by atoms with van der Waals surface area (Å²) in [7, 11) is -0.608. The van der Waals surface area contributed by atoms with E-state index >= 15 is 0 Å². The van der Waals surface area contributed by atoms with E-state index in [0.29, 0.717) is 23.7 Å². The van der Waals surface area contributed by atoms with Gasteiger partial charge in [-0.05, 0) is 50.2 Å². The standard InChI is InChI=1S/C19H21NO6S/c1-19(2)11-15-16(9-12(18(21)22)10-17(15)26-19)25-13-5-7-14(8-6-13)27(23,24)20(3)4/h5-10H,11H2,1-4H3,(H,21,22). The molecular weight excluding hydrogens is 370 g/mol. The molecule has 2 aromatic rings. The Balaban J connectivity index is 1.96. The van der Waals surface area contributed by atoms with Gasteiger partial charge in [-0.2, -0.15) is 0 Å². The molecule has 0 saturated heterocycles. The van der Waals surface area contributed by atoms with Crippen LogP contribution < -0.4 is 9.47 Å². The van der Waals surface area contributed by atoms with E-state index in [2.05, 4.69) is 0 Å². The highest BCUT2D eigenvalue weighted by Crippen LogP contribution is 2.43. The highest BCUT2D eigenvalue weighted by Gasteiger charge is 2.34. The van der Waals surface area contributed by atoms with Crippen molar-refractivity contribution in [2.75, 3.05) is 14.1 Å². The number of hydrogen-bond donors (Lipinski definition) is 1. The van der Waals surface area contributed by atoms with Gasteiger partial charge in [0.05, 0.1) is 10.5 Å². The molecule has 0 saturated carbocycles. The highest BCUT2D eigenvalue weighted by atomic mass is 32.2. The van der Waals surface area contributed by atoms with Crippen LogP contribution >= 0.6 is 0 Å². The monoisotopic (exact) mass is 391 g/mol. The molecule has 1 N–H and O–H groups in total. The van der Waals surface area contributed by atoms with Crippen molar-refractivity contribution in [3.05, 3.63) is 47.5 Å². The second-order valence-corrected chi connectivity index (χ2v) is 9.31. The van der Waals surface area contributed by atoms with Gasteiger partial charge in [-0.3, -0.25) is 0 Å². The summed E-state index contributed by atoms with van der Waals surface area (Å²) in [5, 5.41) is 9.33. The molecule has 1 aliphatic rings. The fourth-order valence-corrected chi connectivity index (χ4v) is 3.78. The molecule has 1 heterocycles. The number of aromatic carboxylic acids is 1. The second-order valence-electron chi connectivity index (χ2n) is 7.16. The van der Waals surface area contributed by atoms with E-state index in [1.165, 1.54) is 50.5 Å². The summed E-state index contributed by atoms with van der Waals surface area (Å²) in [6.07, 6.45) is 0.574. The van der Waals surface area contributed by atoms with Crippen LogP contribution in [-0.2, 0) is 16.4 Å². The largest absolute Gasteiger partial charge is 0.487 e. The predicted molar refractivity (Wildman–Crippen MR) is 99.2 cm³/mol. The molecule has 0 atom stereocenters. The molecule has 0 bridgehead atoms. The Labute approximate surface area is 158 Å². The Morgan fingerprint density at radius 3 is 2.37 bits per heavy atom. The Morgan fingerprint density at radius 2 is 1.81 bits per heavy atom. The molecule has 2 aromatic carbocycles. The zero-order valence-electron chi connectivity index (χ0n) is 15.5. The first kappa shape index (κ1) is 19.2. The zero-order chi connectivity index (χ0) is 20.0. The molecule has 3 rings (SSSR count). The topological polar surface area (TPSA) is 93.1 Å². The molecule has 0 unspecified atom stereocenters. The number of rotatable bonds is 5. The first-order chi connectivity index (χ1) is 12.5. The fraction of sp³-hybridized carbons (Fsp3) is 0.316. The smallest absolute Gasteiger partial charge is 0.335 e. The molecular formula is C19H21NO6S. The first-order valence-electron chi connectivity index (χ1n) is 8.29. The fourth-order valence-electron chi connectivity index (χ4n) is 2.88. The summed E-state index contributed by atoms with van der Waals surface area (Å²) in [5.41, 5.74) is 0.393. The van der Waals surface area contributed by atoms with E-state index in [9.17, 15) is 18.3 Å². The van der Waals surface area contributed by atoms with Crippen LogP contribution in [0.5, 0.6) is 17.2 Å². The van der Waals surface area contributed by atoms with Gasteiger partial charge in [-0.15, -0.1) is 0 Å². The highest BCUT2D eigenvalue weighted by molar-refractivity contribution is 7.89. The normalized spacial score (nSPS) is 15.3. The van der Waals surface area contributed by atoms with E-state index in [-0.39, 0.29) is 10.5 Å². The number of fused-ring (bicyclic) bond motifs is 1. The number of carboxylic acids is 1. The molecule has 0 amide bonds. The first-order valence-corrected chi connectivity index (χ1v) is 9.73. The van der Waals surface area contributed by atoms with Crippen LogP contribution in [0, 0.1) is 0 Å². The predicted octanol–water partition coefficient (Wildman–Crippen LogP) is 3.14. The molecule has 0 aliphatic carbocycles. The van der Waals surface area contributed by atoms with Gasteiger partial charge in [0.15, 0.2) is 0 Å². The van der Waals surface area contributed by atoms with Crippen molar-refractivity contribution in [2.24, 2.45) is 0 Å². The minimum atomic E-state index is -3.53. The van der Waals surface area contributed by atoms with Crippen LogP contribution in [0.1, 0.15) is 29.8 Å². The maximum atomic E-state index is 12.1. The summed E-state index contributed by atoms with van der Waals surface area (Å²) < 4.78 is 37.1. The number of sulfonamides is 1. The van der Waals surface area contributed by atoms with Crippen molar-refractivity contribution in [3.8, 4) is 17.2 Å². The molecule has 144 valence electrons. The minimum absolute atomic E-state index is 0.0632. The van der Waals surface area contributed by atoms with Gasteiger partial charge in [-0.1, -0.05) is 0 Å². The average molecular weight is 391 g/mol. The van der Waals surface area contributed by atoms with Gasteiger partial charge in [0.25, 0.3) is 0 Å². The van der Waals surface area contributed by atoms with Gasteiger partial charge in [0.1, 0.15) is 22.8 Å². The number of carboxylic acid groups (broad SMARTS) is 1. The molecule has 8 heteroatoms. The van der Waals surface area contributed by atoms with Crippen LogP contribution in [-0.4, -0.2) is 43.5 Å². The lowest BCUT2D eigenvalue weighted by Crippen LogP contribution is -2.24. The summed E-state index contributed by atoms with van der Waals surface area (Å²) >= 11 is 0. The Morgan fingerprint density at radius 1 is 1.19 bits per heavy atom. The molecule has 0 aromatic heterocycles. The van der Waals surface area contributed by atoms with Crippen LogP contribution in [0.25, 0.3) is 0 Å². The van der Waals surface area contributed by atoms with Crippen molar-refractivity contribution >= 4 is 16.0 Å². The zero-order valence-corrected chi connectivity index (χ0v) is 16.3. The molecule has 0 fully saturated rings. The second kappa shape index (κ2) is 6.54. The van der Waals surface area contributed by atoms with Crippen LogP contribution in [0.3, 0.4) is 0 Å². The van der Waals surface area contributed by atoms with Crippen molar-refractivity contribution in [1.82, 2.24) is 4.31 Å². The Hall–Kier alpha value is -2.58. The Kier molecular flexibility index (Phi) is 4.65. The summed E-state index contributed by atoms with van der Waals surface area (Å²) in [6.45, 7) is 3.83. The summed E-state index contributed by atoms with van der Waals surface area (Å²) in [5.74, 6) is 0.200. The molecule has 27 heavy (non-hydrogen) atoms. The quantitative estimate of drug-likeness (QED) is 0.842. The van der Waals surface area contributed by atoms with E-state index in [0.717, 1.165) is 9.87 Å². The number of carbonyl (C=O) groups is 1. The van der Waals surface area contributed by atoms with Crippen molar-refractivity contribution in [3.63, 3.8) is 0 Å². The third-order valence-electron chi connectivity index (χ3n) is 4.23. The van der Waals surface area contributed by atoms with Crippen molar-refractivity contribution < 1.29 is 27.8 Å². The maximum Gasteiger partial charge on any atom is 0.335 e. The number of benzene rings is 2. The molecule has 7 nitrogen and oxygen atoms in total. The van der Waals surface area contributed by atoms with Gasteiger partial charge >= 0.3 is 5.97 Å². The number of ether oxygens (including phenoxy) is 2. The van der Waals surface area contributed by atoms with Gasteiger partial charge < -0.3 is 14.6 Å². The SMILES string of the molecule is CN(C)S(=O)(=O)c1ccc(Oc2cc(C(=O)O)cc3c2CC(C)(C)O3)cc1. The molecule has 1 aliphatic heterocycles. The average Bonchev–Trinajstić information content (AvgIpc) is 2.89. The maximum absolute atomic E-state index is 12.1. The molecule has 0 spiro atoms. The van der Waals surface area contributed by atoms with Crippen LogP contribution in [0.15, 0.2) is 41.3 Å². The number of hydrogen-bond acceptors (Lipinski definition) is 5. The van der Waals surface area contributed by atoms with Crippen LogP contribution in [0.2, 0.25) is 0 Å². The minimum Gasteiger partial charge on any atom is -0.487 e. The number of nitrogens with zero attached hydrogens (tertiary/aromatic N) is 1. The molecule has 0 radical (unpaired) electrons. The van der Waals surface area contributed by atoms with Crippen molar-refractivity contribution in [2.45, 2.75) is 30.8 Å². The summed E-state index contributed by atoms with van der Waals surface area (Å²) in [4.78, 5) is 11.6. The van der Waals surface area contributed by atoms with E-state index in [1.54, 1.807) is 0 Å². The van der Waals surface area contributed by atoms with E-state index < -0.39 is 21.6 Å². The lowest BCUT2D eigenvalue weighted by molar-refractivity contribution is 0.0695. The van der Waals surface area contributed by atoms with E-state index in [1.807, 2.05) is 13.8 Å². The van der Waals surface area contributed by atoms with Crippen LogP contribution in [0.4, 0.5) is 0 Å². The van der Waals surface area contributed by atoms with Gasteiger partial charge in [0.2, 0.25) is 10.0 Å². The third-order valence-corrected chi connectivity index (χ3v) is 6.06. The van der Waals surface area contributed by atoms with E-state index in [4.69, 9.17) is 9.47 Å². The summed E-state index contributed by atoms with van der Waals surface area (Å²) in [6, 6.07) is 8.93. The Bertz CT molecular complexity index is 994. The van der Waals surface area contributed by atoms with Gasteiger partial charge in [-0.25, -0.2) is 17.5 Å². The lowest BCUT2D eigenvalue weighted by Gasteiger charge is -2.16. The van der Waals surface area contributed by atoms with Crippen molar-refractivity contribution in [1.29, 1.82) is 0 Å². The third kappa shape index (κ3) is 3.77. The lowest BCUT2D eigenvalue weighted by atomic mass is 10.00.